The second-order valence-electron chi connectivity index (χ2n) is 9.78. The first-order chi connectivity index (χ1) is 18.2. The third-order valence-electron chi connectivity index (χ3n) is 7.00. The highest BCUT2D eigenvalue weighted by Gasteiger charge is 2.42. The van der Waals surface area contributed by atoms with Crippen LogP contribution in [0.4, 0.5) is 0 Å². The molecule has 0 radical (unpaired) electrons. The summed E-state index contributed by atoms with van der Waals surface area (Å²) in [6.45, 7) is 4.00. The molecule has 0 aliphatic heterocycles. The summed E-state index contributed by atoms with van der Waals surface area (Å²) in [6, 6.07) is 31.3. The molecule has 5 nitrogen and oxygen atoms in total. The molecule has 1 saturated carbocycles. The van der Waals surface area contributed by atoms with Crippen molar-refractivity contribution in [2.45, 2.75) is 70.7 Å². The van der Waals surface area contributed by atoms with Crippen molar-refractivity contribution in [2.75, 3.05) is 6.61 Å². The molecule has 198 valence electrons. The molecule has 0 heterocycles. The maximum atomic E-state index is 10.6. The highest BCUT2D eigenvalue weighted by molar-refractivity contribution is 6.60. The van der Waals surface area contributed by atoms with E-state index >= 15 is 0 Å². The largest absolute Gasteiger partial charge is 0.501 e. The van der Waals surface area contributed by atoms with Gasteiger partial charge < -0.3 is 23.1 Å². The van der Waals surface area contributed by atoms with E-state index in [4.69, 9.17) is 18.0 Å². The van der Waals surface area contributed by atoms with Crippen molar-refractivity contribution in [2.24, 2.45) is 5.92 Å². The zero-order valence-electron chi connectivity index (χ0n) is 21.8. The fourth-order valence-electron chi connectivity index (χ4n) is 4.89. The smallest absolute Gasteiger partial charge is 0.390 e. The number of aliphatic hydroxyl groups excluding tert-OH is 1. The number of hydrogen-bond donors (Lipinski definition) is 1. The van der Waals surface area contributed by atoms with E-state index in [2.05, 4.69) is 36.4 Å². The van der Waals surface area contributed by atoms with Gasteiger partial charge in [0.15, 0.2) is 0 Å². The van der Waals surface area contributed by atoms with E-state index in [1.807, 2.05) is 61.5 Å². The highest BCUT2D eigenvalue weighted by Crippen LogP contribution is 2.33. The van der Waals surface area contributed by atoms with Crippen LogP contribution in [0, 0.1) is 5.92 Å². The van der Waals surface area contributed by atoms with Crippen LogP contribution < -0.4 is 0 Å². The Morgan fingerprint density at radius 1 is 0.703 bits per heavy atom. The molecule has 1 aliphatic rings. The van der Waals surface area contributed by atoms with Crippen LogP contribution >= 0.6 is 0 Å². The molecule has 0 amide bonds. The second-order valence-corrected chi connectivity index (χ2v) is 12.5. The van der Waals surface area contributed by atoms with Crippen LogP contribution in [0.15, 0.2) is 91.0 Å². The first-order valence-electron chi connectivity index (χ1n) is 13.5. The van der Waals surface area contributed by atoms with Crippen LogP contribution in [-0.2, 0) is 37.8 Å². The molecule has 6 heteroatoms. The number of benzene rings is 3. The Balaban J connectivity index is 1.39. The summed E-state index contributed by atoms with van der Waals surface area (Å²) in [7, 11) is -2.96. The monoisotopic (exact) mass is 520 g/mol. The van der Waals surface area contributed by atoms with Gasteiger partial charge in [0.05, 0.1) is 32.0 Å². The lowest BCUT2D eigenvalue weighted by atomic mass is 9.84. The van der Waals surface area contributed by atoms with Crippen molar-refractivity contribution in [3.63, 3.8) is 0 Å². The first-order valence-corrected chi connectivity index (χ1v) is 15.4. The third-order valence-corrected chi connectivity index (χ3v) is 9.80. The Bertz CT molecular complexity index is 974. The van der Waals surface area contributed by atoms with Crippen LogP contribution in [0.25, 0.3) is 0 Å². The Hall–Kier alpha value is -2.32. The fourth-order valence-corrected chi connectivity index (χ4v) is 7.55. The summed E-state index contributed by atoms with van der Waals surface area (Å²) in [5, 5.41) is 10.6. The lowest BCUT2D eigenvalue weighted by molar-refractivity contribution is -0.0792. The fraction of sp³-hybridized carbons (Fsp3) is 0.419. The molecular formula is C31H40O5Si. The van der Waals surface area contributed by atoms with E-state index in [-0.39, 0.29) is 6.10 Å². The molecule has 0 aromatic heterocycles. The summed E-state index contributed by atoms with van der Waals surface area (Å²) in [5.74, 6) is 0.428. The van der Waals surface area contributed by atoms with Crippen LogP contribution in [0.3, 0.4) is 0 Å². The summed E-state index contributed by atoms with van der Waals surface area (Å²) in [6.07, 6.45) is 2.91. The van der Waals surface area contributed by atoms with Crippen molar-refractivity contribution in [1.82, 2.24) is 0 Å². The summed E-state index contributed by atoms with van der Waals surface area (Å²) in [4.78, 5) is 0. The average molecular weight is 521 g/mol. The summed E-state index contributed by atoms with van der Waals surface area (Å²) < 4.78 is 25.6. The van der Waals surface area contributed by atoms with E-state index in [1.54, 1.807) is 0 Å². The molecule has 1 aliphatic carbocycles. The molecule has 3 aromatic carbocycles. The van der Waals surface area contributed by atoms with Gasteiger partial charge in [-0.3, -0.25) is 0 Å². The van der Waals surface area contributed by atoms with Gasteiger partial charge in [0.25, 0.3) is 0 Å². The minimum absolute atomic E-state index is 0.155. The number of rotatable bonds is 14. The molecule has 4 rings (SSSR count). The maximum absolute atomic E-state index is 10.6. The number of hydrogen-bond acceptors (Lipinski definition) is 5. The lowest BCUT2D eigenvalue weighted by Gasteiger charge is -2.35. The van der Waals surface area contributed by atoms with Crippen molar-refractivity contribution in [1.29, 1.82) is 0 Å². The standard InChI is InChI=1S/C31H40O5Si/c1-2-34-37(35-24-28-14-8-4-9-15-28,36-25-29-16-10-5-11-17-29)21-20-26-18-19-30(32)31(22-26)33-23-27-12-6-3-7-13-27/h3-17,26,30-32H,2,18-25H2,1H3. The number of ether oxygens (including phenoxy) is 1. The predicted octanol–water partition coefficient (Wildman–Crippen LogP) is 6.53. The van der Waals surface area contributed by atoms with Gasteiger partial charge in [0, 0.05) is 12.7 Å². The highest BCUT2D eigenvalue weighted by atomic mass is 28.4. The predicted molar refractivity (Wildman–Crippen MR) is 148 cm³/mol. The van der Waals surface area contributed by atoms with Gasteiger partial charge in [-0.25, -0.2) is 0 Å². The zero-order valence-corrected chi connectivity index (χ0v) is 22.8. The Morgan fingerprint density at radius 3 is 1.73 bits per heavy atom. The quantitative estimate of drug-likeness (QED) is 0.245. The van der Waals surface area contributed by atoms with E-state index in [9.17, 15) is 5.11 Å². The van der Waals surface area contributed by atoms with Gasteiger partial charge in [-0.15, -0.1) is 0 Å². The number of aliphatic hydroxyl groups is 1. The normalized spacial score (nSPS) is 20.1. The van der Waals surface area contributed by atoms with Gasteiger partial charge in [-0.1, -0.05) is 91.0 Å². The summed E-state index contributed by atoms with van der Waals surface area (Å²) in [5.41, 5.74) is 3.35. The third kappa shape index (κ3) is 8.88. The van der Waals surface area contributed by atoms with Gasteiger partial charge in [0.1, 0.15) is 0 Å². The van der Waals surface area contributed by atoms with Gasteiger partial charge in [0.2, 0.25) is 0 Å². The molecule has 1 N–H and O–H groups in total. The minimum atomic E-state index is -2.96. The van der Waals surface area contributed by atoms with E-state index in [1.165, 1.54) is 0 Å². The van der Waals surface area contributed by atoms with Crippen LogP contribution in [-0.4, -0.2) is 32.7 Å². The van der Waals surface area contributed by atoms with Crippen molar-refractivity contribution in [3.05, 3.63) is 108 Å². The van der Waals surface area contributed by atoms with E-state index in [0.29, 0.717) is 32.3 Å². The van der Waals surface area contributed by atoms with E-state index < -0.39 is 14.9 Å². The van der Waals surface area contributed by atoms with Crippen LogP contribution in [0.1, 0.15) is 49.3 Å². The molecule has 0 bridgehead atoms. The van der Waals surface area contributed by atoms with Crippen LogP contribution in [0.5, 0.6) is 0 Å². The molecule has 3 unspecified atom stereocenters. The average Bonchev–Trinajstić information content (AvgIpc) is 2.95. The van der Waals surface area contributed by atoms with E-state index in [0.717, 1.165) is 48.4 Å². The van der Waals surface area contributed by atoms with Crippen LogP contribution in [0.2, 0.25) is 6.04 Å². The van der Waals surface area contributed by atoms with Crippen molar-refractivity contribution < 1.29 is 23.1 Å². The topological polar surface area (TPSA) is 57.2 Å². The molecule has 1 fully saturated rings. The Labute approximate surface area is 222 Å². The van der Waals surface area contributed by atoms with Gasteiger partial charge in [-0.05, 0) is 55.2 Å². The SMILES string of the molecule is CCO[Si](CCC1CCC(O)C(OCc2ccccc2)C1)(OCc1ccccc1)OCc1ccccc1. The van der Waals surface area contributed by atoms with Crippen molar-refractivity contribution >= 4 is 8.80 Å². The Morgan fingerprint density at radius 2 is 1.22 bits per heavy atom. The van der Waals surface area contributed by atoms with Gasteiger partial charge >= 0.3 is 8.80 Å². The maximum Gasteiger partial charge on any atom is 0.501 e. The zero-order chi connectivity index (χ0) is 25.8. The molecular weight excluding hydrogens is 480 g/mol. The van der Waals surface area contributed by atoms with Crippen molar-refractivity contribution in [3.8, 4) is 0 Å². The molecule has 0 saturated heterocycles. The first kappa shape index (κ1) is 27.7. The molecule has 3 aromatic rings. The minimum Gasteiger partial charge on any atom is -0.390 e. The van der Waals surface area contributed by atoms with Gasteiger partial charge in [-0.2, -0.15) is 0 Å². The summed E-state index contributed by atoms with van der Waals surface area (Å²) >= 11 is 0. The molecule has 37 heavy (non-hydrogen) atoms. The molecule has 3 atom stereocenters. The lowest BCUT2D eigenvalue weighted by Crippen LogP contribution is -2.46. The second kappa shape index (κ2) is 14.6. The molecule has 0 spiro atoms. The Kier molecular flexibility index (Phi) is 10.9.